The van der Waals surface area contributed by atoms with Crippen molar-refractivity contribution in [3.63, 3.8) is 0 Å². The molecular weight excluding hydrogens is 384 g/mol. The van der Waals surface area contributed by atoms with Crippen LogP contribution in [-0.4, -0.2) is 56.1 Å². The maximum Gasteiger partial charge on any atom is 0.337 e. The van der Waals surface area contributed by atoms with Crippen molar-refractivity contribution in [1.29, 1.82) is 0 Å². The van der Waals surface area contributed by atoms with Gasteiger partial charge in [0.2, 0.25) is 5.91 Å². The highest BCUT2D eigenvalue weighted by molar-refractivity contribution is 5.89. The number of hydrogen-bond donors (Lipinski definition) is 1. The number of esters is 2. The third kappa shape index (κ3) is 5.59. The first-order valence-electron chi connectivity index (χ1n) is 10.8. The zero-order valence-corrected chi connectivity index (χ0v) is 17.9. The van der Waals surface area contributed by atoms with E-state index < -0.39 is 0 Å². The van der Waals surface area contributed by atoms with Gasteiger partial charge in [-0.15, -0.1) is 0 Å². The topological polar surface area (TPSA) is 84.9 Å². The molecule has 7 nitrogen and oxygen atoms in total. The van der Waals surface area contributed by atoms with E-state index in [0.29, 0.717) is 23.9 Å². The standard InChI is InChI=1S/C23H32N2O5/c1-29-22(27)18-10-8-16(9-11-18)13-24-21(26)15-25-14-19(12-20(25)23(28)30-2)17-6-4-3-5-7-17/h8-11,17,19-20H,3-7,12-15H2,1-2H3,(H,24,26)/t19-,20+/m0/s1. The van der Waals surface area contributed by atoms with Crippen LogP contribution < -0.4 is 5.32 Å². The van der Waals surface area contributed by atoms with E-state index in [-0.39, 0.29) is 30.4 Å². The molecule has 2 atom stereocenters. The Labute approximate surface area is 178 Å². The maximum absolute atomic E-state index is 12.6. The number of hydrogen-bond acceptors (Lipinski definition) is 6. The molecule has 7 heteroatoms. The van der Waals surface area contributed by atoms with Gasteiger partial charge in [-0.3, -0.25) is 14.5 Å². The number of carbonyl (C=O) groups is 3. The summed E-state index contributed by atoms with van der Waals surface area (Å²) in [5.41, 5.74) is 1.36. The van der Waals surface area contributed by atoms with Crippen LogP contribution in [0.4, 0.5) is 0 Å². The van der Waals surface area contributed by atoms with Crippen LogP contribution in [0.1, 0.15) is 54.4 Å². The Balaban J connectivity index is 1.54. The molecule has 2 fully saturated rings. The number of carbonyl (C=O) groups excluding carboxylic acids is 3. The predicted octanol–water partition coefficient (Wildman–Crippen LogP) is 2.53. The molecule has 1 N–H and O–H groups in total. The van der Waals surface area contributed by atoms with Crippen LogP contribution in [0.3, 0.4) is 0 Å². The number of nitrogens with one attached hydrogen (secondary N) is 1. The molecule has 0 radical (unpaired) electrons. The molecule has 0 unspecified atom stereocenters. The molecule has 1 heterocycles. The molecule has 0 bridgehead atoms. The first kappa shape index (κ1) is 22.3. The number of nitrogens with zero attached hydrogens (tertiary/aromatic N) is 1. The van der Waals surface area contributed by atoms with Gasteiger partial charge >= 0.3 is 11.9 Å². The van der Waals surface area contributed by atoms with Gasteiger partial charge in [-0.2, -0.15) is 0 Å². The number of ether oxygens (including phenoxy) is 2. The third-order valence-corrected chi connectivity index (χ3v) is 6.44. The highest BCUT2D eigenvalue weighted by Crippen LogP contribution is 2.37. The van der Waals surface area contributed by atoms with Gasteiger partial charge in [-0.25, -0.2) is 4.79 Å². The summed E-state index contributed by atoms with van der Waals surface area (Å²) in [7, 11) is 2.75. The molecule has 3 rings (SSSR count). The molecule has 164 valence electrons. The lowest BCUT2D eigenvalue weighted by molar-refractivity contribution is -0.146. The first-order chi connectivity index (χ1) is 14.5. The second-order valence-electron chi connectivity index (χ2n) is 8.33. The Kier molecular flexibility index (Phi) is 7.85. The fourth-order valence-electron chi connectivity index (χ4n) is 4.76. The van der Waals surface area contributed by atoms with E-state index in [1.54, 1.807) is 24.3 Å². The third-order valence-electron chi connectivity index (χ3n) is 6.44. The van der Waals surface area contributed by atoms with Crippen molar-refractivity contribution in [3.05, 3.63) is 35.4 Å². The fraction of sp³-hybridized carbons (Fsp3) is 0.609. The molecule has 1 amide bonds. The van der Waals surface area contributed by atoms with Crippen LogP contribution in [0.2, 0.25) is 0 Å². The van der Waals surface area contributed by atoms with Crippen molar-refractivity contribution in [2.45, 2.75) is 51.1 Å². The van der Waals surface area contributed by atoms with E-state index >= 15 is 0 Å². The summed E-state index contributed by atoms with van der Waals surface area (Å²) in [4.78, 5) is 38.3. The predicted molar refractivity (Wildman–Crippen MR) is 112 cm³/mol. The minimum absolute atomic E-state index is 0.120. The van der Waals surface area contributed by atoms with Gasteiger partial charge in [0.05, 0.1) is 26.3 Å². The quantitative estimate of drug-likeness (QED) is 0.688. The second-order valence-corrected chi connectivity index (χ2v) is 8.33. The first-order valence-corrected chi connectivity index (χ1v) is 10.8. The highest BCUT2D eigenvalue weighted by Gasteiger charge is 2.41. The Morgan fingerprint density at radius 2 is 1.70 bits per heavy atom. The Morgan fingerprint density at radius 3 is 2.33 bits per heavy atom. The molecule has 1 aromatic carbocycles. The van der Waals surface area contributed by atoms with Gasteiger partial charge in [0.25, 0.3) is 0 Å². The van der Waals surface area contributed by atoms with E-state index in [9.17, 15) is 14.4 Å². The molecule has 0 spiro atoms. The van der Waals surface area contributed by atoms with Crippen molar-refractivity contribution >= 4 is 17.8 Å². The molecule has 30 heavy (non-hydrogen) atoms. The minimum atomic E-state index is -0.388. The van der Waals surface area contributed by atoms with Gasteiger partial charge in [0.15, 0.2) is 0 Å². The van der Waals surface area contributed by atoms with Gasteiger partial charge in [0.1, 0.15) is 6.04 Å². The average molecular weight is 417 g/mol. The summed E-state index contributed by atoms with van der Waals surface area (Å²) in [5, 5.41) is 2.91. The number of rotatable bonds is 7. The van der Waals surface area contributed by atoms with Crippen molar-refractivity contribution in [2.75, 3.05) is 27.3 Å². The Hall–Kier alpha value is -2.41. The number of benzene rings is 1. The van der Waals surface area contributed by atoms with Gasteiger partial charge in [-0.05, 0) is 36.0 Å². The lowest BCUT2D eigenvalue weighted by Crippen LogP contribution is -2.43. The van der Waals surface area contributed by atoms with E-state index in [4.69, 9.17) is 4.74 Å². The molecule has 0 aromatic heterocycles. The second kappa shape index (κ2) is 10.6. The maximum atomic E-state index is 12.6. The molecule has 1 aliphatic heterocycles. The molecule has 2 aliphatic rings. The van der Waals surface area contributed by atoms with E-state index in [2.05, 4.69) is 10.1 Å². The van der Waals surface area contributed by atoms with Gasteiger partial charge in [0, 0.05) is 13.1 Å². The molecule has 1 aromatic rings. The summed E-state index contributed by atoms with van der Waals surface area (Å²) in [5.74, 6) is 0.339. The van der Waals surface area contributed by atoms with Crippen LogP contribution in [0.25, 0.3) is 0 Å². The van der Waals surface area contributed by atoms with Crippen LogP contribution in [0.5, 0.6) is 0 Å². The van der Waals surface area contributed by atoms with Gasteiger partial charge in [-0.1, -0.05) is 44.2 Å². The minimum Gasteiger partial charge on any atom is -0.468 e. The summed E-state index contributed by atoms with van der Waals surface area (Å²) >= 11 is 0. The Bertz CT molecular complexity index is 742. The van der Waals surface area contributed by atoms with E-state index in [1.165, 1.54) is 46.3 Å². The lowest BCUT2D eigenvalue weighted by Gasteiger charge is -2.27. The van der Waals surface area contributed by atoms with Gasteiger partial charge < -0.3 is 14.8 Å². The lowest BCUT2D eigenvalue weighted by atomic mass is 9.79. The van der Waals surface area contributed by atoms with Crippen molar-refractivity contribution in [1.82, 2.24) is 10.2 Å². The number of likely N-dealkylation sites (tertiary alicyclic amines) is 1. The van der Waals surface area contributed by atoms with Crippen LogP contribution in [-0.2, 0) is 25.6 Å². The molecular formula is C23H32N2O5. The smallest absolute Gasteiger partial charge is 0.337 e. The Morgan fingerprint density at radius 1 is 1.00 bits per heavy atom. The van der Waals surface area contributed by atoms with E-state index in [0.717, 1.165) is 18.5 Å². The van der Waals surface area contributed by atoms with Crippen LogP contribution in [0, 0.1) is 11.8 Å². The molecule has 1 saturated heterocycles. The highest BCUT2D eigenvalue weighted by atomic mass is 16.5. The molecule has 1 aliphatic carbocycles. The van der Waals surface area contributed by atoms with Crippen molar-refractivity contribution in [3.8, 4) is 0 Å². The number of methoxy groups -OCH3 is 2. The fourth-order valence-corrected chi connectivity index (χ4v) is 4.76. The number of amides is 1. The van der Waals surface area contributed by atoms with Crippen molar-refractivity contribution < 1.29 is 23.9 Å². The summed E-state index contributed by atoms with van der Waals surface area (Å²) < 4.78 is 9.69. The summed E-state index contributed by atoms with van der Waals surface area (Å²) in [6.45, 7) is 1.32. The van der Waals surface area contributed by atoms with E-state index in [1.807, 2.05) is 4.90 Å². The zero-order valence-electron chi connectivity index (χ0n) is 17.9. The average Bonchev–Trinajstić information content (AvgIpc) is 3.21. The largest absolute Gasteiger partial charge is 0.468 e. The zero-order chi connectivity index (χ0) is 21.5. The SMILES string of the molecule is COC(=O)c1ccc(CNC(=O)CN2C[C@@H](C3CCCCC3)C[C@@H]2C(=O)OC)cc1. The monoisotopic (exact) mass is 416 g/mol. The summed E-state index contributed by atoms with van der Waals surface area (Å²) in [6, 6.07) is 6.59. The molecule has 1 saturated carbocycles. The summed E-state index contributed by atoms with van der Waals surface area (Å²) in [6.07, 6.45) is 7.05. The van der Waals surface area contributed by atoms with Crippen molar-refractivity contribution in [2.24, 2.45) is 11.8 Å². The van der Waals surface area contributed by atoms with Crippen LogP contribution in [0.15, 0.2) is 24.3 Å². The van der Waals surface area contributed by atoms with Crippen LogP contribution >= 0.6 is 0 Å². The normalized spacial score (nSPS) is 22.5.